The van der Waals surface area contributed by atoms with Crippen molar-refractivity contribution >= 4 is 10.1 Å². The Kier molecular flexibility index (Phi) is 12.7. The van der Waals surface area contributed by atoms with Crippen LogP contribution in [0.5, 0.6) is 0 Å². The highest BCUT2D eigenvalue weighted by molar-refractivity contribution is 7.86. The number of ether oxygens (including phenoxy) is 2. The third-order valence-electron chi connectivity index (χ3n) is 4.84. The van der Waals surface area contributed by atoms with Gasteiger partial charge >= 0.3 is 0 Å². The van der Waals surface area contributed by atoms with Gasteiger partial charge in [0.25, 0.3) is 10.1 Å². The molecule has 0 radical (unpaired) electrons. The second-order valence-corrected chi connectivity index (χ2v) is 8.83. The monoisotopic (exact) mass is 469 g/mol. The van der Waals surface area contributed by atoms with Crippen LogP contribution in [0, 0.1) is 6.92 Å². The van der Waals surface area contributed by atoms with Gasteiger partial charge in [-0.05, 0) is 19.1 Å². The summed E-state index contributed by atoms with van der Waals surface area (Å²) in [5.74, 6) is 0. The lowest BCUT2D eigenvalue weighted by molar-refractivity contribution is -0.0380. The van der Waals surface area contributed by atoms with Crippen LogP contribution in [0.15, 0.2) is 29.2 Å². The van der Waals surface area contributed by atoms with Gasteiger partial charge in [-0.1, -0.05) is 38.9 Å². The van der Waals surface area contributed by atoms with Crippen molar-refractivity contribution in [2.24, 2.45) is 0 Å². The molecule has 0 unspecified atom stereocenters. The Morgan fingerprint density at radius 2 is 1.45 bits per heavy atom. The summed E-state index contributed by atoms with van der Waals surface area (Å²) in [5.41, 5.74) is -2.01. The molecule has 2 aliphatic heterocycles. The molecule has 1 aromatic carbocycles. The van der Waals surface area contributed by atoms with Crippen LogP contribution in [-0.4, -0.2) is 64.5 Å². The molecule has 3 rings (SSSR count). The van der Waals surface area contributed by atoms with Crippen molar-refractivity contribution in [2.75, 3.05) is 39.6 Å². The molecule has 1 N–H and O–H groups in total. The standard InChI is InChI=1S/C13H17FO4S.C6H11FO2.C2H6.CH4/c1-11-2-4-12(5-3-11)19(15,16)18-10-13(14)6-8-17-9-7-13;7-6(5-8)1-3-9-4-2-6;1-2;/h2-5H,6-10H2,1H3;8H,1-5H2;1-2H3;1H4/i;;1D;. The zero-order valence-electron chi connectivity index (χ0n) is 18.7. The number of aliphatic hydroxyl groups is 1. The topological polar surface area (TPSA) is 82.1 Å². The van der Waals surface area contributed by atoms with Gasteiger partial charge in [0.15, 0.2) is 0 Å². The Bertz CT molecular complexity index is 718. The van der Waals surface area contributed by atoms with Crippen LogP contribution in [0.25, 0.3) is 0 Å². The van der Waals surface area contributed by atoms with Crippen molar-refractivity contribution in [2.45, 2.75) is 70.1 Å². The van der Waals surface area contributed by atoms with Crippen LogP contribution in [-0.2, 0) is 23.8 Å². The quantitative estimate of drug-likeness (QED) is 0.645. The van der Waals surface area contributed by atoms with E-state index in [9.17, 15) is 17.2 Å². The number of alkyl halides is 2. The highest BCUT2D eigenvalue weighted by Gasteiger charge is 2.35. The Morgan fingerprint density at radius 1 is 1.03 bits per heavy atom. The molecule has 2 heterocycles. The Hall–Kier alpha value is -1.13. The Morgan fingerprint density at radius 3 is 1.84 bits per heavy atom. The molecule has 2 saturated heterocycles. The fraction of sp³-hybridized carbons (Fsp3) is 0.727. The van der Waals surface area contributed by atoms with Crippen LogP contribution >= 0.6 is 0 Å². The largest absolute Gasteiger partial charge is 0.393 e. The maximum absolute atomic E-state index is 14.2. The van der Waals surface area contributed by atoms with Crippen molar-refractivity contribution in [3.05, 3.63) is 29.8 Å². The van der Waals surface area contributed by atoms with Crippen molar-refractivity contribution < 1.29 is 37.3 Å². The summed E-state index contributed by atoms with van der Waals surface area (Å²) in [6.45, 7) is 4.81. The molecule has 0 atom stereocenters. The van der Waals surface area contributed by atoms with Crippen molar-refractivity contribution in [1.29, 1.82) is 0 Å². The maximum Gasteiger partial charge on any atom is 0.297 e. The Balaban J connectivity index is 0.000000620. The van der Waals surface area contributed by atoms with Gasteiger partial charge in [0.2, 0.25) is 0 Å². The van der Waals surface area contributed by atoms with Crippen molar-refractivity contribution in [1.82, 2.24) is 0 Å². The van der Waals surface area contributed by atoms with E-state index in [1.807, 2.05) is 6.92 Å². The fourth-order valence-corrected chi connectivity index (χ4v) is 3.70. The lowest BCUT2D eigenvalue weighted by Gasteiger charge is -2.28. The van der Waals surface area contributed by atoms with Gasteiger partial charge in [0.1, 0.15) is 17.9 Å². The predicted octanol–water partition coefficient (Wildman–Crippen LogP) is 4.38. The molecule has 0 bridgehead atoms. The second kappa shape index (κ2) is 14.1. The first-order valence-corrected chi connectivity index (χ1v) is 11.4. The molecule has 6 nitrogen and oxygen atoms in total. The van der Waals surface area contributed by atoms with E-state index in [2.05, 4.69) is 0 Å². The average molecular weight is 470 g/mol. The minimum Gasteiger partial charge on any atom is -0.393 e. The molecule has 182 valence electrons. The number of halogens is 2. The third kappa shape index (κ3) is 10.4. The molecule has 2 fully saturated rings. The zero-order valence-corrected chi connectivity index (χ0v) is 18.6. The van der Waals surface area contributed by atoms with E-state index >= 15 is 0 Å². The molecular formula is C22H38F2O6S. The minimum atomic E-state index is -3.90. The van der Waals surface area contributed by atoms with Gasteiger partial charge in [-0.2, -0.15) is 8.42 Å². The van der Waals surface area contributed by atoms with E-state index in [-0.39, 0.29) is 31.8 Å². The van der Waals surface area contributed by atoms with E-state index < -0.39 is 28.1 Å². The summed E-state index contributed by atoms with van der Waals surface area (Å²) >= 11 is 0. The van der Waals surface area contributed by atoms with Crippen LogP contribution in [0.2, 0.25) is 0 Å². The van der Waals surface area contributed by atoms with Crippen molar-refractivity contribution in [3.8, 4) is 0 Å². The molecule has 0 saturated carbocycles. The zero-order chi connectivity index (χ0) is 23.4. The molecule has 0 spiro atoms. The normalized spacial score (nSPS) is 20.0. The fourth-order valence-electron chi connectivity index (χ4n) is 2.73. The molecule has 1 aromatic rings. The highest BCUT2D eigenvalue weighted by atomic mass is 32.2. The first kappa shape index (κ1) is 27.9. The summed E-state index contributed by atoms with van der Waals surface area (Å²) in [7, 11) is -3.90. The van der Waals surface area contributed by atoms with Gasteiger partial charge in [0, 0.05) is 53.5 Å². The van der Waals surface area contributed by atoms with Gasteiger partial charge in [-0.15, -0.1) is 0 Å². The van der Waals surface area contributed by atoms with E-state index in [0.717, 1.165) is 5.56 Å². The first-order valence-electron chi connectivity index (χ1n) is 10.7. The molecule has 2 aliphatic rings. The maximum atomic E-state index is 14.2. The molecule has 31 heavy (non-hydrogen) atoms. The summed E-state index contributed by atoms with van der Waals surface area (Å²) in [4.78, 5) is 0.0498. The lowest BCUT2D eigenvalue weighted by atomic mass is 9.98. The van der Waals surface area contributed by atoms with E-state index in [1.165, 1.54) is 12.1 Å². The van der Waals surface area contributed by atoms with Crippen LogP contribution in [0.4, 0.5) is 8.78 Å². The summed E-state index contributed by atoms with van der Waals surface area (Å²) < 4.78 is 72.0. The van der Waals surface area contributed by atoms with Crippen LogP contribution in [0.3, 0.4) is 0 Å². The predicted molar refractivity (Wildman–Crippen MR) is 117 cm³/mol. The van der Waals surface area contributed by atoms with E-state index in [4.69, 9.17) is 20.1 Å². The van der Waals surface area contributed by atoms with E-state index in [0.29, 0.717) is 46.2 Å². The molecule has 0 aromatic heterocycles. The molecule has 9 heteroatoms. The number of hydrogen-bond acceptors (Lipinski definition) is 6. The van der Waals surface area contributed by atoms with Gasteiger partial charge in [0.05, 0.1) is 11.5 Å². The third-order valence-corrected chi connectivity index (χ3v) is 6.12. The summed E-state index contributed by atoms with van der Waals surface area (Å²) in [5, 5.41) is 8.52. The summed E-state index contributed by atoms with van der Waals surface area (Å²) in [6.07, 6.45) is 1.000. The number of rotatable bonds is 5. The van der Waals surface area contributed by atoms with Crippen molar-refractivity contribution in [3.63, 3.8) is 0 Å². The Labute approximate surface area is 187 Å². The van der Waals surface area contributed by atoms with Crippen LogP contribution < -0.4 is 0 Å². The number of aliphatic hydroxyl groups excluding tert-OH is 1. The van der Waals surface area contributed by atoms with Gasteiger partial charge in [-0.25, -0.2) is 8.78 Å². The minimum absolute atomic E-state index is 0. The summed E-state index contributed by atoms with van der Waals surface area (Å²) in [6, 6.07) is 6.27. The molecule has 0 amide bonds. The van der Waals surface area contributed by atoms with Gasteiger partial charge in [-0.3, -0.25) is 4.18 Å². The number of hydrogen-bond donors (Lipinski definition) is 1. The first-order chi connectivity index (χ1) is 14.6. The highest BCUT2D eigenvalue weighted by Crippen LogP contribution is 2.27. The SMILES string of the molecule is C.Cc1ccc(S(=O)(=O)OCC2(F)CCOCC2)cc1.OCC1(F)CCOCC1.[2H]CC. The average Bonchev–Trinajstić information content (AvgIpc) is 2.75. The van der Waals surface area contributed by atoms with Crippen LogP contribution in [0.1, 0.15) is 53.9 Å². The smallest absolute Gasteiger partial charge is 0.297 e. The molecular weight excluding hydrogens is 430 g/mol. The van der Waals surface area contributed by atoms with E-state index in [1.54, 1.807) is 19.1 Å². The lowest BCUT2D eigenvalue weighted by Crippen LogP contribution is -2.37. The number of benzene rings is 1. The number of aryl methyl sites for hydroxylation is 1. The second-order valence-electron chi connectivity index (χ2n) is 7.21. The molecule has 0 aliphatic carbocycles. The van der Waals surface area contributed by atoms with Gasteiger partial charge < -0.3 is 14.6 Å².